The van der Waals surface area contributed by atoms with E-state index in [0.717, 1.165) is 0 Å². The average molecular weight is 363 g/mol. The number of nitrogens with zero attached hydrogens (tertiary/aromatic N) is 2. The molecule has 1 heterocycles. The van der Waals surface area contributed by atoms with Crippen LogP contribution >= 0.6 is 46.3 Å². The average Bonchev–Trinajstić information content (AvgIpc) is 2.90. The van der Waals surface area contributed by atoms with Gasteiger partial charge in [-0.15, -0.1) is 10.2 Å². The smallest absolute Gasteiger partial charge is 0.237 e. The van der Waals surface area contributed by atoms with E-state index >= 15 is 0 Å². The van der Waals surface area contributed by atoms with E-state index < -0.39 is 0 Å². The van der Waals surface area contributed by atoms with Gasteiger partial charge < -0.3 is 10.6 Å². The van der Waals surface area contributed by atoms with Gasteiger partial charge in [-0.2, -0.15) is 0 Å². The van der Waals surface area contributed by atoms with Crippen LogP contribution in [0.4, 0.5) is 10.8 Å². The molecule has 9 heteroatoms. The molecular formula is C12H12Cl2N4OS2. The fourth-order valence-corrected chi connectivity index (χ4v) is 3.75. The van der Waals surface area contributed by atoms with Crippen molar-refractivity contribution in [3.63, 3.8) is 0 Å². The second-order valence-electron chi connectivity index (χ2n) is 3.97. The van der Waals surface area contributed by atoms with Crippen LogP contribution in [0.15, 0.2) is 22.5 Å². The first-order valence-corrected chi connectivity index (χ1v) is 8.39. The van der Waals surface area contributed by atoms with Crippen molar-refractivity contribution in [1.82, 2.24) is 10.2 Å². The van der Waals surface area contributed by atoms with Gasteiger partial charge in [-0.3, -0.25) is 4.79 Å². The number of para-hydroxylation sites is 1. The predicted octanol–water partition coefficient (Wildman–Crippen LogP) is 4.01. The first kappa shape index (κ1) is 16.4. The highest BCUT2D eigenvalue weighted by Gasteiger charge is 2.19. The Balaban J connectivity index is 2.02. The van der Waals surface area contributed by atoms with E-state index in [1.54, 1.807) is 32.2 Å². The molecule has 112 valence electrons. The van der Waals surface area contributed by atoms with E-state index in [9.17, 15) is 4.79 Å². The number of amides is 1. The van der Waals surface area contributed by atoms with Crippen LogP contribution in [0.25, 0.3) is 0 Å². The molecule has 0 unspecified atom stereocenters. The van der Waals surface area contributed by atoms with Crippen LogP contribution in [-0.4, -0.2) is 28.4 Å². The lowest BCUT2D eigenvalue weighted by Crippen LogP contribution is -2.22. The van der Waals surface area contributed by atoms with Crippen LogP contribution in [-0.2, 0) is 4.79 Å². The van der Waals surface area contributed by atoms with Gasteiger partial charge in [0.25, 0.3) is 0 Å². The molecule has 1 amide bonds. The van der Waals surface area contributed by atoms with Crippen LogP contribution < -0.4 is 10.6 Å². The number of carbonyl (C=O) groups excluding carboxylic acids is 1. The van der Waals surface area contributed by atoms with Crippen LogP contribution in [0.5, 0.6) is 0 Å². The third-order valence-electron chi connectivity index (χ3n) is 2.48. The molecule has 0 aliphatic rings. The second-order valence-corrected chi connectivity index (χ2v) is 7.35. The number of hydrogen-bond donors (Lipinski definition) is 2. The molecule has 2 N–H and O–H groups in total. The van der Waals surface area contributed by atoms with Gasteiger partial charge in [-0.1, -0.05) is 52.4 Å². The van der Waals surface area contributed by atoms with Crippen molar-refractivity contribution in [3.05, 3.63) is 28.2 Å². The zero-order chi connectivity index (χ0) is 15.4. The summed E-state index contributed by atoms with van der Waals surface area (Å²) in [5, 5.41) is 14.7. The molecule has 0 fully saturated rings. The largest absolute Gasteiger partial charge is 0.363 e. The summed E-state index contributed by atoms with van der Waals surface area (Å²) in [7, 11) is 1.77. The number of carbonyl (C=O) groups is 1. The van der Waals surface area contributed by atoms with Gasteiger partial charge in [0.1, 0.15) is 0 Å². The van der Waals surface area contributed by atoms with Gasteiger partial charge in [0.2, 0.25) is 11.0 Å². The lowest BCUT2D eigenvalue weighted by molar-refractivity contribution is -0.115. The summed E-state index contributed by atoms with van der Waals surface area (Å²) in [4.78, 5) is 12.2. The zero-order valence-electron chi connectivity index (χ0n) is 11.2. The van der Waals surface area contributed by atoms with E-state index in [2.05, 4.69) is 20.8 Å². The zero-order valence-corrected chi connectivity index (χ0v) is 14.3. The maximum Gasteiger partial charge on any atom is 0.237 e. The van der Waals surface area contributed by atoms with Crippen molar-refractivity contribution in [2.24, 2.45) is 0 Å². The minimum absolute atomic E-state index is 0.198. The van der Waals surface area contributed by atoms with Gasteiger partial charge in [0.15, 0.2) is 4.34 Å². The Labute approximate surface area is 140 Å². The predicted molar refractivity (Wildman–Crippen MR) is 89.9 cm³/mol. The van der Waals surface area contributed by atoms with Crippen LogP contribution in [0.3, 0.4) is 0 Å². The number of thioether (sulfide) groups is 1. The Morgan fingerprint density at radius 3 is 2.57 bits per heavy atom. The minimum atomic E-state index is -0.352. The maximum absolute atomic E-state index is 12.2. The SMILES string of the molecule is CNc1nnc(S[C@H](C)C(=O)Nc2c(Cl)cccc2Cl)s1. The standard InChI is InChI=1S/C12H12Cl2N4OS2/c1-6(20-12-18-17-11(15-2)21-12)10(19)16-9-7(13)4-3-5-8(9)14/h3-6H,1-2H3,(H,15,17)(H,16,19)/t6-/m1/s1. The normalized spacial score (nSPS) is 12.0. The van der Waals surface area contributed by atoms with E-state index in [1.807, 2.05) is 0 Å². The summed E-state index contributed by atoms with van der Waals surface area (Å²) in [6.07, 6.45) is 0. The molecule has 0 saturated heterocycles. The minimum Gasteiger partial charge on any atom is -0.363 e. The molecule has 0 aliphatic heterocycles. The lowest BCUT2D eigenvalue weighted by atomic mass is 10.3. The molecule has 0 aliphatic carbocycles. The highest BCUT2D eigenvalue weighted by Crippen LogP contribution is 2.32. The van der Waals surface area contributed by atoms with Crippen LogP contribution in [0, 0.1) is 0 Å². The number of benzene rings is 1. The molecule has 1 aromatic heterocycles. The van der Waals surface area contributed by atoms with Crippen LogP contribution in [0.2, 0.25) is 10.0 Å². The first-order valence-electron chi connectivity index (χ1n) is 5.94. The summed E-state index contributed by atoms with van der Waals surface area (Å²) < 4.78 is 0.715. The summed E-state index contributed by atoms with van der Waals surface area (Å²) in [6.45, 7) is 1.78. The van der Waals surface area contributed by atoms with Gasteiger partial charge in [-0.25, -0.2) is 0 Å². The molecule has 21 heavy (non-hydrogen) atoms. The molecule has 0 radical (unpaired) electrons. The van der Waals surface area contributed by atoms with Crippen molar-refractivity contribution >= 4 is 63.0 Å². The third kappa shape index (κ3) is 4.23. The van der Waals surface area contributed by atoms with Crippen LogP contribution in [0.1, 0.15) is 6.92 Å². The Bertz CT molecular complexity index is 630. The van der Waals surface area contributed by atoms with Crippen molar-refractivity contribution < 1.29 is 4.79 Å². The fraction of sp³-hybridized carbons (Fsp3) is 0.250. The highest BCUT2D eigenvalue weighted by molar-refractivity contribution is 8.02. The molecule has 1 atom stereocenters. The third-order valence-corrected chi connectivity index (χ3v) is 5.23. The molecule has 2 aromatic rings. The monoisotopic (exact) mass is 362 g/mol. The molecular weight excluding hydrogens is 351 g/mol. The summed E-state index contributed by atoms with van der Waals surface area (Å²) in [6, 6.07) is 5.06. The van der Waals surface area contributed by atoms with Crippen molar-refractivity contribution in [2.75, 3.05) is 17.7 Å². The highest BCUT2D eigenvalue weighted by atomic mass is 35.5. The molecule has 0 spiro atoms. The topological polar surface area (TPSA) is 66.9 Å². The summed E-state index contributed by atoms with van der Waals surface area (Å²) in [5.74, 6) is -0.198. The number of anilines is 2. The van der Waals surface area contributed by atoms with Gasteiger partial charge >= 0.3 is 0 Å². The number of rotatable bonds is 5. The maximum atomic E-state index is 12.2. The number of nitrogens with one attached hydrogen (secondary N) is 2. The molecule has 0 bridgehead atoms. The lowest BCUT2D eigenvalue weighted by Gasteiger charge is -2.12. The molecule has 1 aromatic carbocycles. The first-order chi connectivity index (χ1) is 10.0. The second kappa shape index (κ2) is 7.31. The fourth-order valence-electron chi connectivity index (χ4n) is 1.41. The number of aromatic nitrogens is 2. The summed E-state index contributed by atoms with van der Waals surface area (Å²) in [5.41, 5.74) is 0.423. The Hall–Kier alpha value is -1.02. The van der Waals surface area contributed by atoms with Crippen molar-refractivity contribution in [2.45, 2.75) is 16.5 Å². The quantitative estimate of drug-likeness (QED) is 0.786. The van der Waals surface area contributed by atoms with E-state index in [4.69, 9.17) is 23.2 Å². The Kier molecular flexibility index (Phi) is 5.69. The van der Waals surface area contributed by atoms with E-state index in [-0.39, 0.29) is 11.2 Å². The van der Waals surface area contributed by atoms with Crippen molar-refractivity contribution in [1.29, 1.82) is 0 Å². The Morgan fingerprint density at radius 1 is 1.33 bits per heavy atom. The molecule has 5 nitrogen and oxygen atoms in total. The molecule has 0 saturated carbocycles. The molecule has 2 rings (SSSR count). The van der Waals surface area contributed by atoms with E-state index in [0.29, 0.717) is 25.2 Å². The van der Waals surface area contributed by atoms with Crippen molar-refractivity contribution in [3.8, 4) is 0 Å². The number of hydrogen-bond acceptors (Lipinski definition) is 6. The number of halogens is 2. The summed E-state index contributed by atoms with van der Waals surface area (Å²) >= 11 is 14.8. The van der Waals surface area contributed by atoms with Gasteiger partial charge in [0, 0.05) is 7.05 Å². The van der Waals surface area contributed by atoms with E-state index in [1.165, 1.54) is 23.1 Å². The van der Waals surface area contributed by atoms with Gasteiger partial charge in [-0.05, 0) is 19.1 Å². The van der Waals surface area contributed by atoms with Gasteiger partial charge in [0.05, 0.1) is 21.0 Å². The Morgan fingerprint density at radius 2 is 2.00 bits per heavy atom.